The van der Waals surface area contributed by atoms with Gasteiger partial charge < -0.3 is 5.32 Å². The molecule has 0 spiro atoms. The van der Waals surface area contributed by atoms with Gasteiger partial charge in [-0.1, -0.05) is 23.7 Å². The molecule has 104 valence electrons. The highest BCUT2D eigenvalue weighted by molar-refractivity contribution is 7.17. The minimum atomic E-state index is -0.234. The van der Waals surface area contributed by atoms with Crippen LogP contribution in [-0.4, -0.2) is 12.5 Å². The molecular weight excluding hydrogens is 297 g/mol. The smallest absolute Gasteiger partial charge is 0.261 e. The van der Waals surface area contributed by atoms with Gasteiger partial charge in [-0.2, -0.15) is 0 Å². The second kappa shape index (κ2) is 5.19. The fourth-order valence-electron chi connectivity index (χ4n) is 2.29. The van der Waals surface area contributed by atoms with Crippen molar-refractivity contribution in [1.82, 2.24) is 5.32 Å². The highest BCUT2D eigenvalue weighted by atomic mass is 35.5. The molecule has 0 radical (unpaired) electrons. The van der Waals surface area contributed by atoms with E-state index < -0.39 is 0 Å². The monoisotopic (exact) mass is 309 g/mol. The van der Waals surface area contributed by atoms with E-state index in [-0.39, 0.29) is 17.1 Å². The van der Waals surface area contributed by atoms with Crippen molar-refractivity contribution in [3.63, 3.8) is 0 Å². The molecule has 1 aromatic carbocycles. The lowest BCUT2D eigenvalue weighted by molar-refractivity contribution is 0.0953. The Bertz CT molecular complexity index is 634. The van der Waals surface area contributed by atoms with Crippen LogP contribution >= 0.6 is 22.9 Å². The van der Waals surface area contributed by atoms with E-state index in [2.05, 4.69) is 5.32 Å². The minimum absolute atomic E-state index is 0.0234. The Hall–Kier alpha value is -1.39. The number of amides is 1. The number of nitrogens with one attached hydrogen (secondary N) is 1. The fraction of sp³-hybridized carbons (Fsp3) is 0.267. The molecule has 2 aromatic rings. The first kappa shape index (κ1) is 13.6. The fourth-order valence-corrected chi connectivity index (χ4v) is 3.25. The molecule has 1 amide bonds. The second-order valence-corrected chi connectivity index (χ2v) is 6.79. The molecule has 0 atom stereocenters. The van der Waals surface area contributed by atoms with Crippen molar-refractivity contribution in [3.05, 3.63) is 57.0 Å². The van der Waals surface area contributed by atoms with Crippen molar-refractivity contribution in [2.75, 3.05) is 6.54 Å². The molecule has 20 heavy (non-hydrogen) atoms. The Balaban J connectivity index is 1.66. The second-order valence-electron chi connectivity index (χ2n) is 5.07. The van der Waals surface area contributed by atoms with Crippen LogP contribution in [0.2, 0.25) is 4.34 Å². The van der Waals surface area contributed by atoms with Gasteiger partial charge in [0.05, 0.1) is 9.21 Å². The van der Waals surface area contributed by atoms with Gasteiger partial charge in [-0.3, -0.25) is 4.79 Å². The number of benzene rings is 1. The van der Waals surface area contributed by atoms with Gasteiger partial charge in [0.15, 0.2) is 0 Å². The van der Waals surface area contributed by atoms with E-state index in [4.69, 9.17) is 11.6 Å². The van der Waals surface area contributed by atoms with Crippen LogP contribution < -0.4 is 5.32 Å². The SMILES string of the molecule is O=C(NCC1(c2ccc(F)cc2)CC1)c1ccc(Cl)s1. The first-order valence-electron chi connectivity index (χ1n) is 6.39. The van der Waals surface area contributed by atoms with E-state index in [1.54, 1.807) is 24.3 Å². The molecule has 1 aliphatic rings. The van der Waals surface area contributed by atoms with Crippen LogP contribution in [0, 0.1) is 5.82 Å². The summed E-state index contributed by atoms with van der Waals surface area (Å²) in [5.74, 6) is -0.336. The van der Waals surface area contributed by atoms with Gasteiger partial charge in [-0.05, 0) is 42.7 Å². The predicted molar refractivity (Wildman–Crippen MR) is 79.0 cm³/mol. The van der Waals surface area contributed by atoms with Crippen molar-refractivity contribution in [2.45, 2.75) is 18.3 Å². The number of rotatable bonds is 4. The Morgan fingerprint density at radius 3 is 2.50 bits per heavy atom. The summed E-state index contributed by atoms with van der Waals surface area (Å²) in [6, 6.07) is 9.98. The van der Waals surface area contributed by atoms with Gasteiger partial charge in [-0.15, -0.1) is 11.3 Å². The number of carbonyl (C=O) groups excluding carboxylic acids is 1. The van der Waals surface area contributed by atoms with Gasteiger partial charge in [0.1, 0.15) is 5.82 Å². The molecule has 1 aromatic heterocycles. The van der Waals surface area contributed by atoms with Gasteiger partial charge in [0, 0.05) is 12.0 Å². The third-order valence-corrected chi connectivity index (χ3v) is 4.92. The summed E-state index contributed by atoms with van der Waals surface area (Å²) in [6.45, 7) is 0.576. The Morgan fingerprint density at radius 2 is 1.95 bits per heavy atom. The molecule has 1 aliphatic carbocycles. The van der Waals surface area contributed by atoms with Crippen molar-refractivity contribution in [1.29, 1.82) is 0 Å². The van der Waals surface area contributed by atoms with Crippen LogP contribution in [0.15, 0.2) is 36.4 Å². The molecule has 2 nitrogen and oxygen atoms in total. The molecule has 0 saturated heterocycles. The first-order chi connectivity index (χ1) is 9.59. The largest absolute Gasteiger partial charge is 0.350 e. The van der Waals surface area contributed by atoms with Crippen molar-refractivity contribution in [2.24, 2.45) is 0 Å². The molecule has 3 rings (SSSR count). The lowest BCUT2D eigenvalue weighted by Crippen LogP contribution is -2.31. The zero-order valence-corrected chi connectivity index (χ0v) is 12.2. The van der Waals surface area contributed by atoms with Crippen molar-refractivity contribution in [3.8, 4) is 0 Å². The topological polar surface area (TPSA) is 29.1 Å². The molecule has 0 aliphatic heterocycles. The zero-order chi connectivity index (χ0) is 14.2. The van der Waals surface area contributed by atoms with Crippen LogP contribution in [0.3, 0.4) is 0 Å². The standard InChI is InChI=1S/C15H13ClFNOS/c16-13-6-5-12(20-13)14(19)18-9-15(7-8-15)10-1-3-11(17)4-2-10/h1-6H,7-9H2,(H,18,19). The Morgan fingerprint density at radius 1 is 1.25 bits per heavy atom. The minimum Gasteiger partial charge on any atom is -0.350 e. The summed E-state index contributed by atoms with van der Waals surface area (Å²) in [5.41, 5.74) is 1.06. The number of hydrogen-bond donors (Lipinski definition) is 1. The molecule has 0 bridgehead atoms. The predicted octanol–water partition coefficient (Wildman–Crippen LogP) is 4.00. The van der Waals surface area contributed by atoms with Crippen LogP contribution in [0.25, 0.3) is 0 Å². The average molecular weight is 310 g/mol. The van der Waals surface area contributed by atoms with E-state index in [9.17, 15) is 9.18 Å². The molecule has 1 heterocycles. The highest BCUT2D eigenvalue weighted by Gasteiger charge is 2.44. The summed E-state index contributed by atoms with van der Waals surface area (Å²) >= 11 is 7.09. The normalized spacial score (nSPS) is 15.9. The van der Waals surface area contributed by atoms with Crippen LogP contribution in [0.1, 0.15) is 28.1 Å². The molecule has 1 fully saturated rings. The van der Waals surface area contributed by atoms with E-state index in [0.717, 1.165) is 18.4 Å². The van der Waals surface area contributed by atoms with E-state index >= 15 is 0 Å². The molecule has 1 saturated carbocycles. The van der Waals surface area contributed by atoms with Crippen LogP contribution in [-0.2, 0) is 5.41 Å². The number of hydrogen-bond acceptors (Lipinski definition) is 2. The Labute approximate surface area is 125 Å². The van der Waals surface area contributed by atoms with Crippen molar-refractivity contribution >= 4 is 28.8 Å². The van der Waals surface area contributed by atoms with Gasteiger partial charge in [0.25, 0.3) is 5.91 Å². The number of thiophene rings is 1. The maximum Gasteiger partial charge on any atom is 0.261 e. The maximum absolute atomic E-state index is 13.0. The highest BCUT2D eigenvalue weighted by Crippen LogP contribution is 2.47. The van der Waals surface area contributed by atoms with E-state index in [0.29, 0.717) is 15.8 Å². The molecular formula is C15H13ClFNOS. The average Bonchev–Trinajstić information content (AvgIpc) is 3.11. The molecule has 5 heteroatoms. The van der Waals surface area contributed by atoms with Crippen molar-refractivity contribution < 1.29 is 9.18 Å². The van der Waals surface area contributed by atoms with E-state index in [1.807, 2.05) is 0 Å². The summed E-state index contributed by atoms with van der Waals surface area (Å²) in [7, 11) is 0. The van der Waals surface area contributed by atoms with E-state index in [1.165, 1.54) is 23.5 Å². The zero-order valence-electron chi connectivity index (χ0n) is 10.7. The quantitative estimate of drug-likeness (QED) is 0.908. The number of carbonyl (C=O) groups is 1. The van der Waals surface area contributed by atoms with Crippen LogP contribution in [0.4, 0.5) is 4.39 Å². The summed E-state index contributed by atoms with van der Waals surface area (Å²) in [5, 5.41) is 2.95. The number of halogens is 2. The molecule has 1 N–H and O–H groups in total. The maximum atomic E-state index is 13.0. The summed E-state index contributed by atoms with van der Waals surface area (Å²) < 4.78 is 13.6. The van der Waals surface area contributed by atoms with Crippen LogP contribution in [0.5, 0.6) is 0 Å². The lowest BCUT2D eigenvalue weighted by Gasteiger charge is -2.16. The van der Waals surface area contributed by atoms with Gasteiger partial charge >= 0.3 is 0 Å². The van der Waals surface area contributed by atoms with Gasteiger partial charge in [-0.25, -0.2) is 4.39 Å². The Kier molecular flexibility index (Phi) is 3.52. The summed E-state index contributed by atoms with van der Waals surface area (Å²) in [6.07, 6.45) is 2.04. The summed E-state index contributed by atoms with van der Waals surface area (Å²) in [4.78, 5) is 12.6. The lowest BCUT2D eigenvalue weighted by atomic mass is 9.96. The first-order valence-corrected chi connectivity index (χ1v) is 7.58. The molecule has 0 unspecified atom stereocenters. The third-order valence-electron chi connectivity index (χ3n) is 3.69. The third kappa shape index (κ3) is 2.72. The van der Waals surface area contributed by atoms with Gasteiger partial charge in [0.2, 0.25) is 0 Å².